The van der Waals surface area contributed by atoms with Gasteiger partial charge in [0.1, 0.15) is 0 Å². The fourth-order valence-corrected chi connectivity index (χ4v) is 2.85. The molecule has 0 unspecified atom stereocenters. The predicted octanol–water partition coefficient (Wildman–Crippen LogP) is 2.59. The summed E-state index contributed by atoms with van der Waals surface area (Å²) >= 11 is 0. The maximum Gasteiger partial charge on any atom is 0.334 e. The number of imide groups is 2. The van der Waals surface area contributed by atoms with E-state index in [9.17, 15) is 24.0 Å². The Hall–Kier alpha value is -3.03. The summed E-state index contributed by atoms with van der Waals surface area (Å²) in [6, 6.07) is 4.95. The van der Waals surface area contributed by atoms with Crippen LogP contribution in [0.4, 0.5) is 10.5 Å². The molecule has 0 bridgehead atoms. The zero-order valence-corrected chi connectivity index (χ0v) is 16.4. The molecule has 1 aliphatic heterocycles. The van der Waals surface area contributed by atoms with Gasteiger partial charge in [-0.25, -0.2) is 9.69 Å². The number of hydrogen-bond acceptors (Lipinski definition) is 5. The van der Waals surface area contributed by atoms with Gasteiger partial charge in [-0.05, 0) is 44.5 Å². The molecule has 1 saturated heterocycles. The Morgan fingerprint density at radius 1 is 1.00 bits per heavy atom. The smallest absolute Gasteiger partial charge is 0.326 e. The zero-order valence-electron chi connectivity index (χ0n) is 16.4. The second-order valence-electron chi connectivity index (χ2n) is 6.95. The first-order valence-corrected chi connectivity index (χ1v) is 9.38. The fourth-order valence-electron chi connectivity index (χ4n) is 2.85. The van der Waals surface area contributed by atoms with Crippen molar-refractivity contribution in [2.24, 2.45) is 0 Å². The van der Waals surface area contributed by atoms with Crippen LogP contribution in [0.3, 0.4) is 0 Å². The van der Waals surface area contributed by atoms with Crippen molar-refractivity contribution < 1.29 is 24.0 Å². The van der Waals surface area contributed by atoms with Crippen LogP contribution in [0.2, 0.25) is 0 Å². The highest BCUT2D eigenvalue weighted by Crippen LogP contribution is 2.17. The molecule has 0 spiro atoms. The van der Waals surface area contributed by atoms with Crippen molar-refractivity contribution in [1.82, 2.24) is 9.80 Å². The number of nitrogens with zero attached hydrogens (tertiary/aromatic N) is 2. The van der Waals surface area contributed by atoms with Crippen LogP contribution in [0, 0.1) is 0 Å². The minimum absolute atomic E-state index is 0.0897. The molecule has 150 valence electrons. The van der Waals surface area contributed by atoms with Crippen molar-refractivity contribution in [2.45, 2.75) is 52.5 Å². The number of benzene rings is 1. The lowest BCUT2D eigenvalue weighted by molar-refractivity contribution is -0.143. The number of amides is 5. The van der Waals surface area contributed by atoms with Crippen LogP contribution < -0.4 is 5.32 Å². The third kappa shape index (κ3) is 4.82. The van der Waals surface area contributed by atoms with Gasteiger partial charge in [0.15, 0.2) is 5.78 Å². The van der Waals surface area contributed by atoms with E-state index in [1.165, 1.54) is 12.1 Å². The molecule has 28 heavy (non-hydrogen) atoms. The highest BCUT2D eigenvalue weighted by molar-refractivity contribution is 6.45. The maximum atomic E-state index is 12.4. The van der Waals surface area contributed by atoms with Crippen molar-refractivity contribution in [3.8, 4) is 0 Å². The molecule has 2 rings (SSSR count). The van der Waals surface area contributed by atoms with Crippen LogP contribution in [0.15, 0.2) is 24.3 Å². The first-order chi connectivity index (χ1) is 13.3. The molecule has 1 aromatic carbocycles. The van der Waals surface area contributed by atoms with Crippen molar-refractivity contribution in [2.75, 3.05) is 11.9 Å². The number of hydrogen-bond donors (Lipinski definition) is 1. The van der Waals surface area contributed by atoms with E-state index in [2.05, 4.69) is 12.2 Å². The topological polar surface area (TPSA) is 104 Å². The monoisotopic (exact) mass is 387 g/mol. The van der Waals surface area contributed by atoms with Gasteiger partial charge in [-0.2, -0.15) is 0 Å². The Balaban J connectivity index is 1.98. The quantitative estimate of drug-likeness (QED) is 0.304. The van der Waals surface area contributed by atoms with Gasteiger partial charge in [-0.15, -0.1) is 0 Å². The summed E-state index contributed by atoms with van der Waals surface area (Å²) in [6.07, 6.45) is 3.29. The van der Waals surface area contributed by atoms with Crippen molar-refractivity contribution in [3.05, 3.63) is 29.8 Å². The third-order valence-corrected chi connectivity index (χ3v) is 4.40. The van der Waals surface area contributed by atoms with Crippen molar-refractivity contribution in [3.63, 3.8) is 0 Å². The van der Waals surface area contributed by atoms with E-state index in [1.54, 1.807) is 26.0 Å². The number of nitrogens with one attached hydrogen (secondary N) is 1. The van der Waals surface area contributed by atoms with Crippen LogP contribution in [0.25, 0.3) is 0 Å². The van der Waals surface area contributed by atoms with E-state index in [4.69, 9.17) is 0 Å². The molecular formula is C20H25N3O5. The lowest BCUT2D eigenvalue weighted by Gasteiger charge is -2.18. The Kier molecular flexibility index (Phi) is 7.03. The van der Waals surface area contributed by atoms with Crippen LogP contribution in [-0.4, -0.2) is 51.9 Å². The van der Waals surface area contributed by atoms with Gasteiger partial charge in [0.25, 0.3) is 0 Å². The van der Waals surface area contributed by atoms with E-state index in [0.29, 0.717) is 17.0 Å². The molecule has 0 aliphatic carbocycles. The third-order valence-electron chi connectivity index (χ3n) is 4.40. The van der Waals surface area contributed by atoms with E-state index in [0.717, 1.165) is 24.2 Å². The first-order valence-electron chi connectivity index (χ1n) is 9.38. The van der Waals surface area contributed by atoms with E-state index in [1.807, 2.05) is 0 Å². The Labute approximate surface area is 163 Å². The number of rotatable bonds is 9. The van der Waals surface area contributed by atoms with Gasteiger partial charge in [-0.3, -0.25) is 24.1 Å². The molecule has 1 fully saturated rings. The molecule has 0 radical (unpaired) electrons. The zero-order chi connectivity index (χ0) is 20.8. The molecule has 8 heteroatoms. The lowest BCUT2D eigenvalue weighted by Crippen LogP contribution is -2.39. The maximum absolute atomic E-state index is 12.4. The second-order valence-corrected chi connectivity index (χ2v) is 6.95. The minimum Gasteiger partial charge on any atom is -0.326 e. The van der Waals surface area contributed by atoms with Crippen LogP contribution in [-0.2, 0) is 14.4 Å². The van der Waals surface area contributed by atoms with E-state index < -0.39 is 36.2 Å². The van der Waals surface area contributed by atoms with Crippen LogP contribution in [0.5, 0.6) is 0 Å². The number of carbonyl (C=O) groups excluding carboxylic acids is 5. The number of unbranched alkanes of at least 4 members (excludes halogenated alkanes) is 2. The molecule has 5 amide bonds. The lowest BCUT2D eigenvalue weighted by atomic mass is 10.1. The minimum atomic E-state index is -0.997. The molecule has 8 nitrogen and oxygen atoms in total. The molecular weight excluding hydrogens is 362 g/mol. The number of urea groups is 1. The van der Waals surface area contributed by atoms with Gasteiger partial charge in [-0.1, -0.05) is 19.8 Å². The summed E-state index contributed by atoms with van der Waals surface area (Å²) in [4.78, 5) is 61.9. The predicted molar refractivity (Wildman–Crippen MR) is 103 cm³/mol. The number of carbonyl (C=O) groups is 5. The van der Waals surface area contributed by atoms with E-state index >= 15 is 0 Å². The van der Waals surface area contributed by atoms with Gasteiger partial charge >= 0.3 is 17.8 Å². The van der Waals surface area contributed by atoms with Crippen LogP contribution in [0.1, 0.15) is 56.8 Å². The molecule has 1 aromatic rings. The number of Topliss-reactive ketones (excluding diaryl/α,β-unsaturated/α-hetero) is 1. The normalized spacial score (nSPS) is 14.2. The Morgan fingerprint density at radius 3 is 2.18 bits per heavy atom. The molecule has 0 aromatic heterocycles. The second kappa shape index (κ2) is 9.25. The average molecular weight is 387 g/mol. The summed E-state index contributed by atoms with van der Waals surface area (Å²) in [5.41, 5.74) is 0.840. The van der Waals surface area contributed by atoms with E-state index in [-0.39, 0.29) is 11.5 Å². The molecule has 1 aliphatic rings. The molecule has 1 heterocycles. The van der Waals surface area contributed by atoms with Gasteiger partial charge in [0.2, 0.25) is 5.91 Å². The van der Waals surface area contributed by atoms with Crippen molar-refractivity contribution >= 4 is 35.2 Å². The highest BCUT2D eigenvalue weighted by Gasteiger charge is 2.46. The van der Waals surface area contributed by atoms with Gasteiger partial charge in [0.05, 0.1) is 6.54 Å². The largest absolute Gasteiger partial charge is 0.334 e. The molecule has 0 saturated carbocycles. The highest BCUT2D eigenvalue weighted by atomic mass is 16.2. The summed E-state index contributed by atoms with van der Waals surface area (Å²) in [5, 5.41) is 2.76. The number of anilines is 1. The van der Waals surface area contributed by atoms with Gasteiger partial charge < -0.3 is 5.32 Å². The number of ketones is 1. The summed E-state index contributed by atoms with van der Waals surface area (Å²) in [6.45, 7) is 4.79. The molecule has 0 atom stereocenters. The fraction of sp³-hybridized carbons (Fsp3) is 0.450. The average Bonchev–Trinajstić information content (AvgIpc) is 2.85. The van der Waals surface area contributed by atoms with Gasteiger partial charge in [0, 0.05) is 23.7 Å². The van der Waals surface area contributed by atoms with Crippen LogP contribution >= 0.6 is 0 Å². The standard InChI is InChI=1S/C20H25N3O5/c1-4-5-6-7-17(25)21-15-10-8-14(9-11-15)16(24)12-22-18(26)19(27)23(13(2)3)20(22)28/h8-11,13H,4-7,12H2,1-3H3,(H,21,25). The summed E-state index contributed by atoms with van der Waals surface area (Å²) in [5.74, 6) is -2.48. The SMILES string of the molecule is CCCCCC(=O)Nc1ccc(C(=O)CN2C(=O)C(=O)N(C(C)C)C2=O)cc1. The Morgan fingerprint density at radius 2 is 1.64 bits per heavy atom. The first kappa shape index (κ1) is 21.3. The van der Waals surface area contributed by atoms with Crippen molar-refractivity contribution in [1.29, 1.82) is 0 Å². The summed E-state index contributed by atoms with van der Waals surface area (Å²) in [7, 11) is 0. The summed E-state index contributed by atoms with van der Waals surface area (Å²) < 4.78 is 0. The Bertz CT molecular complexity index is 786. The molecule has 1 N–H and O–H groups in total.